The van der Waals surface area contributed by atoms with Crippen molar-refractivity contribution in [2.45, 2.75) is 30.9 Å². The fraction of sp³-hybridized carbons (Fsp3) is 0.571. The average Bonchev–Trinajstić information content (AvgIpc) is 3.10. The molecule has 4 heterocycles. The molecule has 0 saturated carbocycles. The van der Waals surface area contributed by atoms with Crippen LogP contribution in [-0.4, -0.2) is 45.7 Å². The average molecular weight is 399 g/mol. The van der Waals surface area contributed by atoms with Gasteiger partial charge in [-0.05, 0) is 41.9 Å². The highest BCUT2D eigenvalue weighted by atomic mass is 127. The molecule has 0 unspecified atom stereocenters. The first-order valence-corrected chi connectivity index (χ1v) is 8.39. The van der Waals surface area contributed by atoms with Crippen LogP contribution in [0.4, 0.5) is 5.95 Å². The summed E-state index contributed by atoms with van der Waals surface area (Å²) in [5.74, 6) is 0.962. The van der Waals surface area contributed by atoms with E-state index in [1.165, 1.54) is 0 Å². The van der Waals surface area contributed by atoms with Crippen molar-refractivity contribution in [3.8, 4) is 0 Å². The molecule has 1 spiro atoms. The number of rotatable bonds is 1. The largest absolute Gasteiger partial charge is 0.373 e. The first-order chi connectivity index (χ1) is 10.2. The minimum absolute atomic E-state index is 0.103. The van der Waals surface area contributed by atoms with E-state index in [1.54, 1.807) is 0 Å². The Morgan fingerprint density at radius 2 is 2.14 bits per heavy atom. The zero-order valence-corrected chi connectivity index (χ0v) is 13.9. The van der Waals surface area contributed by atoms with Crippen molar-refractivity contribution in [2.24, 2.45) is 5.73 Å². The lowest BCUT2D eigenvalue weighted by molar-refractivity contribution is -0.0231. The molecule has 6 nitrogen and oxygen atoms in total. The summed E-state index contributed by atoms with van der Waals surface area (Å²) in [7, 11) is 0. The molecule has 4 rings (SSSR count). The van der Waals surface area contributed by atoms with Crippen molar-refractivity contribution < 1.29 is 4.74 Å². The van der Waals surface area contributed by atoms with Crippen LogP contribution >= 0.6 is 22.6 Å². The molecule has 2 aliphatic rings. The Labute approximate surface area is 136 Å². The number of anilines is 1. The smallest absolute Gasteiger partial charge is 0.211 e. The first kappa shape index (κ1) is 13.7. The van der Waals surface area contributed by atoms with Gasteiger partial charge in [0.15, 0.2) is 5.65 Å². The summed E-state index contributed by atoms with van der Waals surface area (Å²) in [6.07, 6.45) is 8.61. The maximum absolute atomic E-state index is 6.25. The molecule has 0 aromatic carbocycles. The third-order valence-corrected chi connectivity index (χ3v) is 5.51. The van der Waals surface area contributed by atoms with Gasteiger partial charge in [-0.25, -0.2) is 9.97 Å². The van der Waals surface area contributed by atoms with Gasteiger partial charge in [0.1, 0.15) is 0 Å². The van der Waals surface area contributed by atoms with Gasteiger partial charge in [-0.3, -0.25) is 4.40 Å². The predicted octanol–water partition coefficient (Wildman–Crippen LogP) is 1.42. The van der Waals surface area contributed by atoms with Crippen LogP contribution in [0.25, 0.3) is 5.65 Å². The standard InChI is InChI=1S/C14H18IN5O/c15-10-9-18-13(20-7-4-17-12(10)20)19-5-2-14(3-6-19)11(16)1-8-21-14/h4,7,9,11H,1-3,5-6,8,16H2/t11-/m1/s1. The van der Waals surface area contributed by atoms with Gasteiger partial charge in [0.2, 0.25) is 5.95 Å². The van der Waals surface area contributed by atoms with E-state index < -0.39 is 0 Å². The van der Waals surface area contributed by atoms with E-state index in [0.29, 0.717) is 0 Å². The van der Waals surface area contributed by atoms with Gasteiger partial charge in [0.05, 0.1) is 9.17 Å². The topological polar surface area (TPSA) is 68.7 Å². The number of halogens is 1. The molecule has 7 heteroatoms. The third kappa shape index (κ3) is 2.13. The second kappa shape index (κ2) is 5.06. The highest BCUT2D eigenvalue weighted by molar-refractivity contribution is 14.1. The van der Waals surface area contributed by atoms with Crippen molar-refractivity contribution in [1.29, 1.82) is 0 Å². The van der Waals surface area contributed by atoms with E-state index >= 15 is 0 Å². The summed E-state index contributed by atoms with van der Waals surface area (Å²) < 4.78 is 9.11. The molecule has 2 N–H and O–H groups in total. The Kier molecular flexibility index (Phi) is 3.31. The van der Waals surface area contributed by atoms with Crippen LogP contribution in [0.3, 0.4) is 0 Å². The summed E-state index contributed by atoms with van der Waals surface area (Å²) in [4.78, 5) is 11.3. The lowest BCUT2D eigenvalue weighted by atomic mass is 9.85. The predicted molar refractivity (Wildman–Crippen MR) is 88.4 cm³/mol. The van der Waals surface area contributed by atoms with Crippen LogP contribution < -0.4 is 10.6 Å². The van der Waals surface area contributed by atoms with Gasteiger partial charge in [-0.1, -0.05) is 0 Å². The van der Waals surface area contributed by atoms with Crippen molar-refractivity contribution in [3.05, 3.63) is 22.2 Å². The van der Waals surface area contributed by atoms with Crippen LogP contribution in [0.5, 0.6) is 0 Å². The maximum atomic E-state index is 6.25. The number of nitrogens with two attached hydrogens (primary N) is 1. The molecule has 0 aliphatic carbocycles. The number of ether oxygens (including phenoxy) is 1. The third-order valence-electron chi connectivity index (χ3n) is 4.75. The molecule has 0 bridgehead atoms. The normalized spacial score (nSPS) is 25.0. The number of fused-ring (bicyclic) bond motifs is 1. The number of nitrogens with zero attached hydrogens (tertiary/aromatic N) is 4. The molecule has 112 valence electrons. The number of hydrogen-bond donors (Lipinski definition) is 1. The SMILES string of the molecule is N[C@@H]1CCOC12CCN(c1ncc(I)c3nccn13)CC2. The van der Waals surface area contributed by atoms with Gasteiger partial charge in [0.25, 0.3) is 0 Å². The Morgan fingerprint density at radius 1 is 1.33 bits per heavy atom. The van der Waals surface area contributed by atoms with E-state index in [0.717, 1.165) is 54.1 Å². The van der Waals surface area contributed by atoms with Crippen LogP contribution in [0, 0.1) is 3.57 Å². The summed E-state index contributed by atoms with van der Waals surface area (Å²) in [5.41, 5.74) is 7.11. The highest BCUT2D eigenvalue weighted by Gasteiger charge is 2.44. The molecule has 21 heavy (non-hydrogen) atoms. The fourth-order valence-electron chi connectivity index (χ4n) is 3.47. The number of imidazole rings is 1. The van der Waals surface area contributed by atoms with Gasteiger partial charge in [0, 0.05) is 44.3 Å². The minimum atomic E-state index is -0.103. The van der Waals surface area contributed by atoms with E-state index in [2.05, 4.69) is 41.9 Å². The first-order valence-electron chi connectivity index (χ1n) is 7.32. The van der Waals surface area contributed by atoms with Gasteiger partial charge in [-0.15, -0.1) is 0 Å². The Morgan fingerprint density at radius 3 is 2.86 bits per heavy atom. The monoisotopic (exact) mass is 399 g/mol. The second-order valence-electron chi connectivity index (χ2n) is 5.82. The Balaban J connectivity index is 1.61. The van der Waals surface area contributed by atoms with E-state index in [4.69, 9.17) is 10.5 Å². The quantitative estimate of drug-likeness (QED) is 0.735. The second-order valence-corrected chi connectivity index (χ2v) is 6.98. The Hall–Kier alpha value is -0.930. The molecule has 2 fully saturated rings. The lowest BCUT2D eigenvalue weighted by Crippen LogP contribution is -2.53. The summed E-state index contributed by atoms with van der Waals surface area (Å²) in [6.45, 7) is 2.65. The van der Waals surface area contributed by atoms with Crippen molar-refractivity contribution in [2.75, 3.05) is 24.6 Å². The fourth-order valence-corrected chi connectivity index (χ4v) is 4.01. The van der Waals surface area contributed by atoms with Crippen molar-refractivity contribution in [3.63, 3.8) is 0 Å². The Bertz CT molecular complexity index is 664. The minimum Gasteiger partial charge on any atom is -0.373 e. The van der Waals surface area contributed by atoms with Gasteiger partial charge < -0.3 is 15.4 Å². The zero-order chi connectivity index (χ0) is 14.4. The summed E-state index contributed by atoms with van der Waals surface area (Å²) >= 11 is 2.27. The highest BCUT2D eigenvalue weighted by Crippen LogP contribution is 2.36. The van der Waals surface area contributed by atoms with E-state index in [-0.39, 0.29) is 11.6 Å². The molecule has 2 aromatic heterocycles. The number of piperidine rings is 1. The molecular weight excluding hydrogens is 381 g/mol. The van der Waals surface area contributed by atoms with Crippen LogP contribution in [0.2, 0.25) is 0 Å². The van der Waals surface area contributed by atoms with Crippen LogP contribution in [0.1, 0.15) is 19.3 Å². The van der Waals surface area contributed by atoms with Crippen LogP contribution in [0.15, 0.2) is 18.6 Å². The molecule has 0 amide bonds. The molecule has 2 aliphatic heterocycles. The lowest BCUT2D eigenvalue weighted by Gasteiger charge is -2.41. The summed E-state index contributed by atoms with van der Waals surface area (Å²) in [6, 6.07) is 0.178. The van der Waals surface area contributed by atoms with E-state index in [1.807, 2.05) is 18.6 Å². The molecule has 2 aromatic rings. The van der Waals surface area contributed by atoms with E-state index in [9.17, 15) is 0 Å². The molecule has 1 atom stereocenters. The van der Waals surface area contributed by atoms with Crippen molar-refractivity contribution in [1.82, 2.24) is 14.4 Å². The summed E-state index contributed by atoms with van der Waals surface area (Å²) in [5, 5.41) is 0. The zero-order valence-electron chi connectivity index (χ0n) is 11.7. The number of hydrogen-bond acceptors (Lipinski definition) is 5. The number of aromatic nitrogens is 3. The van der Waals surface area contributed by atoms with Crippen LogP contribution in [-0.2, 0) is 4.74 Å². The van der Waals surface area contributed by atoms with Gasteiger partial charge in [-0.2, -0.15) is 0 Å². The van der Waals surface area contributed by atoms with Crippen molar-refractivity contribution >= 4 is 34.2 Å². The molecule has 0 radical (unpaired) electrons. The molecular formula is C14H18IN5O. The molecule has 2 saturated heterocycles. The van der Waals surface area contributed by atoms with Gasteiger partial charge >= 0.3 is 0 Å². The maximum Gasteiger partial charge on any atom is 0.211 e.